The minimum Gasteiger partial charge on any atom is -0.340 e. The summed E-state index contributed by atoms with van der Waals surface area (Å²) in [5, 5.41) is 5.05. The van der Waals surface area contributed by atoms with Crippen molar-refractivity contribution in [2.75, 3.05) is 5.32 Å². The van der Waals surface area contributed by atoms with E-state index in [0.29, 0.717) is 10.8 Å². The molecule has 90 valence electrons. The molecule has 3 N–H and O–H groups in total. The fourth-order valence-corrected chi connectivity index (χ4v) is 2.05. The number of anilines is 1. The normalized spacial score (nSPS) is 12.4. The van der Waals surface area contributed by atoms with Crippen molar-refractivity contribution in [2.45, 2.75) is 13.0 Å². The topological polar surface area (TPSA) is 85.8 Å². The van der Waals surface area contributed by atoms with Crippen LogP contribution < -0.4 is 11.1 Å². The van der Waals surface area contributed by atoms with Crippen LogP contribution in [-0.4, -0.2) is 20.4 Å². The number of hydrogen-bond donors (Lipinski definition) is 2. The van der Waals surface area contributed by atoms with Gasteiger partial charge in [0.2, 0.25) is 0 Å². The number of nitrogens with one attached hydrogen (secondary N) is 1. The van der Waals surface area contributed by atoms with Gasteiger partial charge in [-0.15, -0.1) is 11.3 Å². The first kappa shape index (κ1) is 11.7. The lowest BCUT2D eigenvalue weighted by molar-refractivity contribution is 0.102. The largest absolute Gasteiger partial charge is 0.340 e. The van der Waals surface area contributed by atoms with Crippen molar-refractivity contribution in [2.24, 2.45) is 12.8 Å². The summed E-state index contributed by atoms with van der Waals surface area (Å²) in [5.41, 5.74) is 6.82. The van der Waals surface area contributed by atoms with Crippen molar-refractivity contribution in [3.05, 3.63) is 29.3 Å². The quantitative estimate of drug-likeness (QED) is 0.856. The predicted molar refractivity (Wildman–Crippen MR) is 65.9 cm³/mol. The average molecular weight is 251 g/mol. The van der Waals surface area contributed by atoms with E-state index in [2.05, 4.69) is 15.3 Å². The van der Waals surface area contributed by atoms with Gasteiger partial charge in [-0.05, 0) is 6.92 Å². The van der Waals surface area contributed by atoms with E-state index in [4.69, 9.17) is 5.73 Å². The highest BCUT2D eigenvalue weighted by Crippen LogP contribution is 2.19. The van der Waals surface area contributed by atoms with Gasteiger partial charge in [-0.25, -0.2) is 9.97 Å². The van der Waals surface area contributed by atoms with Crippen LogP contribution in [0.25, 0.3) is 0 Å². The van der Waals surface area contributed by atoms with Crippen LogP contribution in [0, 0.1) is 0 Å². The molecular formula is C10H13N5OS. The highest BCUT2D eigenvalue weighted by Gasteiger charge is 2.12. The molecule has 6 nitrogen and oxygen atoms in total. The van der Waals surface area contributed by atoms with Crippen molar-refractivity contribution in [1.82, 2.24) is 14.5 Å². The van der Waals surface area contributed by atoms with E-state index in [0.717, 1.165) is 5.69 Å². The van der Waals surface area contributed by atoms with Gasteiger partial charge in [0.15, 0.2) is 5.13 Å². The number of imidazole rings is 1. The standard InChI is InChI=1S/C10H13N5OS/c1-6(11)8-4-17-10(13-8)14-9(16)7-3-15(2)5-12-7/h3-6H,11H2,1-2H3,(H,13,14,16). The van der Waals surface area contributed by atoms with Crippen LogP contribution >= 0.6 is 11.3 Å². The van der Waals surface area contributed by atoms with Crippen molar-refractivity contribution in [1.29, 1.82) is 0 Å². The Labute approximate surface area is 102 Å². The zero-order valence-electron chi connectivity index (χ0n) is 9.54. The summed E-state index contributed by atoms with van der Waals surface area (Å²) in [5.74, 6) is -0.267. The van der Waals surface area contributed by atoms with Gasteiger partial charge >= 0.3 is 0 Å². The van der Waals surface area contributed by atoms with Crippen LogP contribution in [0.2, 0.25) is 0 Å². The molecule has 2 aromatic heterocycles. The maximum Gasteiger partial charge on any atom is 0.277 e. The van der Waals surface area contributed by atoms with Gasteiger partial charge < -0.3 is 10.3 Å². The molecule has 0 aliphatic rings. The number of aryl methyl sites for hydroxylation is 1. The van der Waals surface area contributed by atoms with E-state index >= 15 is 0 Å². The summed E-state index contributed by atoms with van der Waals surface area (Å²) >= 11 is 1.35. The second-order valence-electron chi connectivity index (χ2n) is 3.74. The molecular weight excluding hydrogens is 238 g/mol. The molecule has 0 radical (unpaired) electrons. The fourth-order valence-electron chi connectivity index (χ4n) is 1.24. The molecule has 0 aliphatic carbocycles. The summed E-state index contributed by atoms with van der Waals surface area (Å²) in [6.07, 6.45) is 3.22. The molecule has 1 atom stereocenters. The third kappa shape index (κ3) is 2.69. The van der Waals surface area contributed by atoms with Crippen LogP contribution in [0.15, 0.2) is 17.9 Å². The summed E-state index contributed by atoms with van der Waals surface area (Å²) in [7, 11) is 1.81. The lowest BCUT2D eigenvalue weighted by Gasteiger charge is -1.99. The molecule has 2 aromatic rings. The first-order valence-corrected chi connectivity index (χ1v) is 5.94. The van der Waals surface area contributed by atoms with Gasteiger partial charge in [0.1, 0.15) is 5.69 Å². The van der Waals surface area contributed by atoms with Crippen LogP contribution in [0.1, 0.15) is 29.1 Å². The Balaban J connectivity index is 2.07. The van der Waals surface area contributed by atoms with Gasteiger partial charge in [-0.3, -0.25) is 10.1 Å². The molecule has 0 fully saturated rings. The van der Waals surface area contributed by atoms with Gasteiger partial charge in [0, 0.05) is 24.7 Å². The number of carbonyl (C=O) groups is 1. The molecule has 0 saturated heterocycles. The van der Waals surface area contributed by atoms with E-state index in [-0.39, 0.29) is 11.9 Å². The summed E-state index contributed by atoms with van der Waals surface area (Å²) in [6.45, 7) is 1.85. The average Bonchev–Trinajstić information content (AvgIpc) is 2.86. The molecule has 0 aromatic carbocycles. The minimum atomic E-state index is -0.267. The van der Waals surface area contributed by atoms with Crippen LogP contribution in [0.4, 0.5) is 5.13 Å². The van der Waals surface area contributed by atoms with E-state index in [1.54, 1.807) is 24.1 Å². The summed E-state index contributed by atoms with van der Waals surface area (Å²) in [4.78, 5) is 19.9. The zero-order valence-corrected chi connectivity index (χ0v) is 10.4. The molecule has 0 aliphatic heterocycles. The lowest BCUT2D eigenvalue weighted by atomic mass is 10.3. The van der Waals surface area contributed by atoms with Gasteiger partial charge in [0.05, 0.1) is 12.0 Å². The number of nitrogens with zero attached hydrogens (tertiary/aromatic N) is 3. The zero-order chi connectivity index (χ0) is 12.4. The molecule has 0 bridgehead atoms. The Morgan fingerprint density at radius 1 is 1.65 bits per heavy atom. The first-order chi connectivity index (χ1) is 8.06. The van der Waals surface area contributed by atoms with Crippen LogP contribution in [0.3, 0.4) is 0 Å². The number of aromatic nitrogens is 3. The lowest BCUT2D eigenvalue weighted by Crippen LogP contribution is -2.12. The van der Waals surface area contributed by atoms with Gasteiger partial charge in [0.25, 0.3) is 5.91 Å². The summed E-state index contributed by atoms with van der Waals surface area (Å²) in [6, 6.07) is -0.133. The Bertz CT molecular complexity index is 530. The molecule has 2 rings (SSSR count). The van der Waals surface area contributed by atoms with Crippen molar-refractivity contribution >= 4 is 22.4 Å². The monoisotopic (exact) mass is 251 g/mol. The third-order valence-corrected chi connectivity index (χ3v) is 2.92. The number of rotatable bonds is 3. The van der Waals surface area contributed by atoms with E-state index in [1.807, 2.05) is 12.3 Å². The number of nitrogens with two attached hydrogens (primary N) is 1. The second kappa shape index (κ2) is 4.64. The number of amides is 1. The maximum atomic E-state index is 11.8. The first-order valence-electron chi connectivity index (χ1n) is 5.06. The predicted octanol–water partition coefficient (Wildman–Crippen LogP) is 1.15. The van der Waals surface area contributed by atoms with Crippen LogP contribution in [0.5, 0.6) is 0 Å². The summed E-state index contributed by atoms with van der Waals surface area (Å²) < 4.78 is 1.71. The number of hydrogen-bond acceptors (Lipinski definition) is 5. The highest BCUT2D eigenvalue weighted by atomic mass is 32.1. The SMILES string of the molecule is CC(N)c1csc(NC(=O)c2cn(C)cn2)n1. The van der Waals surface area contributed by atoms with Crippen molar-refractivity contribution in [3.8, 4) is 0 Å². The Morgan fingerprint density at radius 2 is 2.41 bits per heavy atom. The number of carbonyl (C=O) groups excluding carboxylic acids is 1. The molecule has 1 unspecified atom stereocenters. The van der Waals surface area contributed by atoms with E-state index in [9.17, 15) is 4.79 Å². The molecule has 0 saturated carbocycles. The molecule has 0 spiro atoms. The maximum absolute atomic E-state index is 11.8. The number of thiazole rings is 1. The molecule has 17 heavy (non-hydrogen) atoms. The second-order valence-corrected chi connectivity index (χ2v) is 4.60. The van der Waals surface area contributed by atoms with Crippen molar-refractivity contribution < 1.29 is 4.79 Å². The molecule has 2 heterocycles. The smallest absolute Gasteiger partial charge is 0.277 e. The third-order valence-electron chi connectivity index (χ3n) is 2.15. The molecule has 7 heteroatoms. The minimum absolute atomic E-state index is 0.133. The van der Waals surface area contributed by atoms with Crippen molar-refractivity contribution in [3.63, 3.8) is 0 Å². The fraction of sp³-hybridized carbons (Fsp3) is 0.300. The van der Waals surface area contributed by atoms with Gasteiger partial charge in [-0.1, -0.05) is 0 Å². The Morgan fingerprint density at radius 3 is 2.94 bits per heavy atom. The van der Waals surface area contributed by atoms with E-state index in [1.165, 1.54) is 11.3 Å². The van der Waals surface area contributed by atoms with E-state index < -0.39 is 0 Å². The highest BCUT2D eigenvalue weighted by molar-refractivity contribution is 7.14. The Kier molecular flexibility index (Phi) is 3.21. The van der Waals surface area contributed by atoms with Gasteiger partial charge in [-0.2, -0.15) is 0 Å². The molecule has 1 amide bonds. The van der Waals surface area contributed by atoms with Crippen LogP contribution in [-0.2, 0) is 7.05 Å². The Hall–Kier alpha value is -1.73.